The molecule has 1 aromatic rings. The third kappa shape index (κ3) is 1.79. The SMILES string of the molecule is C=C(C(C)=O)C(O)c1ccc2c(c1)OCO2. The van der Waals surface area contributed by atoms with Gasteiger partial charge in [0.15, 0.2) is 17.3 Å². The number of carbonyl (C=O) groups is 1. The molecular formula is C12H12O4. The standard InChI is InChI=1S/C12H12O4/c1-7(8(2)13)12(14)9-3-4-10-11(5-9)16-6-15-10/h3-5,12,14H,1,6H2,2H3. The van der Waals surface area contributed by atoms with Gasteiger partial charge in [0.05, 0.1) is 0 Å². The first kappa shape index (κ1) is 10.7. The molecule has 84 valence electrons. The fraction of sp³-hybridized carbons (Fsp3) is 0.250. The number of Topliss-reactive ketones (excluding diaryl/α,β-unsaturated/α-hetero) is 1. The second-order valence-electron chi connectivity index (χ2n) is 3.60. The summed E-state index contributed by atoms with van der Waals surface area (Å²) in [6.07, 6.45) is -0.994. The van der Waals surface area contributed by atoms with Crippen LogP contribution in [0.5, 0.6) is 11.5 Å². The maximum atomic E-state index is 11.1. The zero-order chi connectivity index (χ0) is 11.7. The molecule has 0 aliphatic carbocycles. The van der Waals surface area contributed by atoms with Gasteiger partial charge in [-0.15, -0.1) is 0 Å². The van der Waals surface area contributed by atoms with Crippen molar-refractivity contribution < 1.29 is 19.4 Å². The minimum absolute atomic E-state index is 0.166. The fourth-order valence-electron chi connectivity index (χ4n) is 1.48. The van der Waals surface area contributed by atoms with Gasteiger partial charge in [0.2, 0.25) is 6.79 Å². The molecule has 1 aromatic carbocycles. The highest BCUT2D eigenvalue weighted by Crippen LogP contribution is 2.35. The predicted molar refractivity (Wildman–Crippen MR) is 57.3 cm³/mol. The van der Waals surface area contributed by atoms with Crippen LogP contribution in [-0.2, 0) is 4.79 Å². The van der Waals surface area contributed by atoms with Crippen molar-refractivity contribution in [3.8, 4) is 11.5 Å². The van der Waals surface area contributed by atoms with E-state index >= 15 is 0 Å². The smallest absolute Gasteiger partial charge is 0.231 e. The minimum atomic E-state index is -0.994. The van der Waals surface area contributed by atoms with Crippen LogP contribution >= 0.6 is 0 Å². The van der Waals surface area contributed by atoms with Crippen molar-refractivity contribution in [3.05, 3.63) is 35.9 Å². The molecule has 0 spiro atoms. The minimum Gasteiger partial charge on any atom is -0.454 e. The number of rotatable bonds is 3. The van der Waals surface area contributed by atoms with Crippen LogP contribution < -0.4 is 9.47 Å². The lowest BCUT2D eigenvalue weighted by Crippen LogP contribution is -2.07. The molecule has 4 heteroatoms. The van der Waals surface area contributed by atoms with E-state index in [2.05, 4.69) is 6.58 Å². The third-order valence-corrected chi connectivity index (χ3v) is 2.49. The molecule has 1 heterocycles. The monoisotopic (exact) mass is 220 g/mol. The maximum absolute atomic E-state index is 11.1. The lowest BCUT2D eigenvalue weighted by Gasteiger charge is -2.12. The van der Waals surface area contributed by atoms with Crippen LogP contribution in [0.25, 0.3) is 0 Å². The average Bonchev–Trinajstić information content (AvgIpc) is 2.73. The summed E-state index contributed by atoms with van der Waals surface area (Å²) in [5.74, 6) is 0.988. The van der Waals surface area contributed by atoms with Gasteiger partial charge < -0.3 is 14.6 Å². The summed E-state index contributed by atoms with van der Waals surface area (Å²) < 4.78 is 10.3. The topological polar surface area (TPSA) is 55.8 Å². The number of carbonyl (C=O) groups excluding carboxylic acids is 1. The van der Waals surface area contributed by atoms with E-state index in [0.29, 0.717) is 17.1 Å². The number of ether oxygens (including phenoxy) is 2. The molecule has 16 heavy (non-hydrogen) atoms. The van der Waals surface area contributed by atoms with Crippen molar-refractivity contribution >= 4 is 5.78 Å². The Hall–Kier alpha value is -1.81. The highest BCUT2D eigenvalue weighted by molar-refractivity contribution is 5.93. The zero-order valence-electron chi connectivity index (χ0n) is 8.90. The van der Waals surface area contributed by atoms with Gasteiger partial charge in [0, 0.05) is 5.57 Å². The number of aliphatic hydroxyl groups is 1. The summed E-state index contributed by atoms with van der Waals surface area (Å²) in [5.41, 5.74) is 0.739. The van der Waals surface area contributed by atoms with Gasteiger partial charge in [0.1, 0.15) is 6.10 Å². The van der Waals surface area contributed by atoms with Gasteiger partial charge in [-0.1, -0.05) is 12.6 Å². The molecule has 1 N–H and O–H groups in total. The van der Waals surface area contributed by atoms with E-state index in [1.54, 1.807) is 18.2 Å². The van der Waals surface area contributed by atoms with Crippen LogP contribution in [0.4, 0.5) is 0 Å². The highest BCUT2D eigenvalue weighted by Gasteiger charge is 2.19. The van der Waals surface area contributed by atoms with Gasteiger partial charge >= 0.3 is 0 Å². The van der Waals surface area contributed by atoms with E-state index < -0.39 is 6.10 Å². The van der Waals surface area contributed by atoms with Crippen LogP contribution in [0.3, 0.4) is 0 Å². The zero-order valence-corrected chi connectivity index (χ0v) is 8.90. The van der Waals surface area contributed by atoms with Gasteiger partial charge in [0.25, 0.3) is 0 Å². The molecule has 0 fully saturated rings. The lowest BCUT2D eigenvalue weighted by molar-refractivity contribution is -0.114. The number of hydrogen-bond acceptors (Lipinski definition) is 4. The van der Waals surface area contributed by atoms with Crippen molar-refractivity contribution in [1.29, 1.82) is 0 Å². The Labute approximate surface area is 93.1 Å². The lowest BCUT2D eigenvalue weighted by atomic mass is 10.00. The molecule has 4 nitrogen and oxygen atoms in total. The van der Waals surface area contributed by atoms with Crippen molar-refractivity contribution in [1.82, 2.24) is 0 Å². The quantitative estimate of drug-likeness (QED) is 0.786. The summed E-state index contributed by atoms with van der Waals surface area (Å²) in [7, 11) is 0. The number of ketones is 1. The average molecular weight is 220 g/mol. The molecule has 0 saturated heterocycles. The molecule has 1 unspecified atom stereocenters. The van der Waals surface area contributed by atoms with Gasteiger partial charge in [-0.25, -0.2) is 0 Å². The van der Waals surface area contributed by atoms with Gasteiger partial charge in [-0.3, -0.25) is 4.79 Å². The molecular weight excluding hydrogens is 208 g/mol. The maximum Gasteiger partial charge on any atom is 0.231 e. The van der Waals surface area contributed by atoms with E-state index in [-0.39, 0.29) is 18.1 Å². The van der Waals surface area contributed by atoms with Crippen LogP contribution in [0.2, 0.25) is 0 Å². The van der Waals surface area contributed by atoms with E-state index in [1.165, 1.54) is 6.92 Å². The number of benzene rings is 1. The summed E-state index contributed by atoms with van der Waals surface area (Å²) in [5, 5.41) is 9.87. The van der Waals surface area contributed by atoms with E-state index in [9.17, 15) is 9.90 Å². The Kier molecular flexibility index (Phi) is 2.66. The third-order valence-electron chi connectivity index (χ3n) is 2.49. The van der Waals surface area contributed by atoms with Gasteiger partial charge in [-0.05, 0) is 24.6 Å². The van der Waals surface area contributed by atoms with E-state index in [4.69, 9.17) is 9.47 Å². The largest absolute Gasteiger partial charge is 0.454 e. The molecule has 0 bridgehead atoms. The molecule has 0 radical (unpaired) electrons. The van der Waals surface area contributed by atoms with Crippen molar-refractivity contribution in [2.24, 2.45) is 0 Å². The van der Waals surface area contributed by atoms with Crippen LogP contribution in [-0.4, -0.2) is 17.7 Å². The highest BCUT2D eigenvalue weighted by atomic mass is 16.7. The summed E-state index contributed by atoms with van der Waals surface area (Å²) in [6, 6.07) is 5.04. The number of hydrogen-bond donors (Lipinski definition) is 1. The normalized spacial score (nSPS) is 14.6. The first-order valence-electron chi connectivity index (χ1n) is 4.87. The Morgan fingerprint density at radius 3 is 2.81 bits per heavy atom. The van der Waals surface area contributed by atoms with Crippen molar-refractivity contribution in [2.45, 2.75) is 13.0 Å². The Balaban J connectivity index is 2.28. The van der Waals surface area contributed by atoms with Crippen molar-refractivity contribution in [3.63, 3.8) is 0 Å². The fourth-order valence-corrected chi connectivity index (χ4v) is 1.48. The molecule has 1 aliphatic rings. The molecule has 0 saturated carbocycles. The second-order valence-corrected chi connectivity index (χ2v) is 3.60. The van der Waals surface area contributed by atoms with Crippen molar-refractivity contribution in [2.75, 3.05) is 6.79 Å². The Morgan fingerprint density at radius 2 is 2.12 bits per heavy atom. The summed E-state index contributed by atoms with van der Waals surface area (Å²) in [6.45, 7) is 5.11. The van der Waals surface area contributed by atoms with Gasteiger partial charge in [-0.2, -0.15) is 0 Å². The molecule has 1 atom stereocenters. The Bertz CT molecular complexity index is 450. The van der Waals surface area contributed by atoms with Crippen LogP contribution in [0.1, 0.15) is 18.6 Å². The van der Waals surface area contributed by atoms with Crippen LogP contribution in [0.15, 0.2) is 30.4 Å². The summed E-state index contributed by atoms with van der Waals surface area (Å²) >= 11 is 0. The predicted octanol–water partition coefficient (Wildman–Crippen LogP) is 1.59. The second kappa shape index (κ2) is 3.98. The first-order valence-corrected chi connectivity index (χ1v) is 4.87. The van der Waals surface area contributed by atoms with Crippen LogP contribution in [0, 0.1) is 0 Å². The summed E-state index contributed by atoms with van der Waals surface area (Å²) in [4.78, 5) is 11.1. The molecule has 0 aromatic heterocycles. The number of aliphatic hydroxyl groups excluding tert-OH is 1. The molecule has 1 aliphatic heterocycles. The van der Waals surface area contributed by atoms with E-state index in [1.807, 2.05) is 0 Å². The first-order chi connectivity index (χ1) is 7.59. The number of fused-ring (bicyclic) bond motifs is 1. The Morgan fingerprint density at radius 1 is 1.44 bits per heavy atom. The molecule has 0 amide bonds. The molecule has 2 rings (SSSR count). The van der Waals surface area contributed by atoms with E-state index in [0.717, 1.165) is 0 Å².